The van der Waals surface area contributed by atoms with Gasteiger partial charge in [-0.1, -0.05) is 27.0 Å². The Labute approximate surface area is 245 Å². The molecular formula is C24H50N8O7S2. The summed E-state index contributed by atoms with van der Waals surface area (Å²) >= 11 is 0. The maximum Gasteiger partial charge on any atom is 0.261 e. The molecule has 0 aromatic heterocycles. The second-order valence-corrected chi connectivity index (χ2v) is 13.1. The van der Waals surface area contributed by atoms with Crippen molar-refractivity contribution in [3.05, 3.63) is 35.4 Å². The van der Waals surface area contributed by atoms with E-state index < -0.39 is 20.0 Å². The molecule has 0 spiro atoms. The third kappa shape index (κ3) is 11.6. The van der Waals surface area contributed by atoms with Gasteiger partial charge in [-0.05, 0) is 12.1 Å². The van der Waals surface area contributed by atoms with Crippen molar-refractivity contribution in [3.8, 4) is 0 Å². The molecule has 17 heteroatoms. The smallest absolute Gasteiger partial charge is 0.261 e. The Morgan fingerprint density at radius 1 is 0.659 bits per heavy atom. The highest BCUT2D eigenvalue weighted by Gasteiger charge is 2.35. The zero-order valence-corrected chi connectivity index (χ0v) is 24.2. The predicted molar refractivity (Wildman–Crippen MR) is 162 cm³/mol. The van der Waals surface area contributed by atoms with Crippen LogP contribution in [0.25, 0.3) is 0 Å². The van der Waals surface area contributed by atoms with Crippen LogP contribution in [0.3, 0.4) is 0 Å². The normalized spacial score (nSPS) is 18.4. The average molecular weight is 627 g/mol. The third-order valence-electron chi connectivity index (χ3n) is 6.56. The van der Waals surface area contributed by atoms with Crippen molar-refractivity contribution in [2.45, 2.75) is 14.9 Å². The highest BCUT2D eigenvalue weighted by molar-refractivity contribution is 7.88. The Kier molecular flexibility index (Phi) is 18.5. The summed E-state index contributed by atoms with van der Waals surface area (Å²) in [4.78, 5) is 30.1. The van der Waals surface area contributed by atoms with Crippen molar-refractivity contribution >= 4 is 31.9 Å². The van der Waals surface area contributed by atoms with Crippen LogP contribution in [-0.4, -0.2) is 148 Å². The van der Waals surface area contributed by atoms with Crippen LogP contribution < -0.4 is 17.4 Å². The summed E-state index contributed by atoms with van der Waals surface area (Å²) in [5.41, 5.74) is 6.32. The maximum absolute atomic E-state index is 12.3. The lowest BCUT2D eigenvalue weighted by molar-refractivity contribution is 0.0628. The summed E-state index contributed by atoms with van der Waals surface area (Å²) in [7, 11) is -6.13. The van der Waals surface area contributed by atoms with E-state index in [1.165, 1.54) is 26.0 Å². The number of benzene rings is 1. The first-order chi connectivity index (χ1) is 17.9. The first-order valence-electron chi connectivity index (χ1n) is 12.3. The van der Waals surface area contributed by atoms with Gasteiger partial charge in [-0.15, -0.1) is 0 Å². The fourth-order valence-corrected chi connectivity index (χ4v) is 6.09. The van der Waals surface area contributed by atoms with E-state index in [0.717, 1.165) is 19.6 Å². The Morgan fingerprint density at radius 2 is 1.00 bits per heavy atom. The summed E-state index contributed by atoms with van der Waals surface area (Å²) in [5, 5.41) is 0. The van der Waals surface area contributed by atoms with Crippen molar-refractivity contribution in [2.75, 3.05) is 91.0 Å². The van der Waals surface area contributed by atoms with Gasteiger partial charge >= 0.3 is 0 Å². The molecule has 0 saturated carbocycles. The van der Waals surface area contributed by atoms with Crippen molar-refractivity contribution in [1.82, 2.24) is 23.3 Å². The monoisotopic (exact) mass is 626 g/mol. The lowest BCUT2D eigenvalue weighted by Gasteiger charge is -2.33. The molecule has 1 aromatic carbocycles. The van der Waals surface area contributed by atoms with Crippen LogP contribution in [0.4, 0.5) is 0 Å². The van der Waals surface area contributed by atoms with Crippen LogP contribution in [0.5, 0.6) is 0 Å². The lowest BCUT2D eigenvalue weighted by Crippen LogP contribution is -2.50. The number of amides is 2. The van der Waals surface area contributed by atoms with E-state index in [9.17, 15) is 26.4 Å². The molecule has 41 heavy (non-hydrogen) atoms. The molecule has 240 valence electrons. The molecule has 0 unspecified atom stereocenters. The quantitative estimate of drug-likeness (QED) is 0.165. The van der Waals surface area contributed by atoms with Crippen LogP contribution in [-0.2, 0) is 20.0 Å². The number of hydrogen-bond donors (Lipinski definition) is 3. The van der Waals surface area contributed by atoms with Gasteiger partial charge in [0, 0.05) is 78.5 Å². The van der Waals surface area contributed by atoms with E-state index in [0.29, 0.717) is 70.0 Å². The average Bonchev–Trinajstić information content (AvgIpc) is 3.13. The zero-order valence-electron chi connectivity index (χ0n) is 22.5. The summed E-state index contributed by atoms with van der Waals surface area (Å²) in [5.74, 6) is 7.50. The number of rotatable bonds is 7. The number of hydrazine groups is 1. The highest BCUT2D eigenvalue weighted by Crippen LogP contribution is 2.22. The van der Waals surface area contributed by atoms with Gasteiger partial charge in [0.15, 0.2) is 0 Å². The molecular weight excluding hydrogens is 576 g/mol. The molecule has 1 aromatic rings. The number of sulfonamides is 2. The number of nitrogens with zero attached hydrogens (tertiary/aromatic N) is 5. The number of carbonyl (C=O) groups is 2. The Balaban J connectivity index is 0. The van der Waals surface area contributed by atoms with E-state index >= 15 is 0 Å². The summed E-state index contributed by atoms with van der Waals surface area (Å²) in [6.45, 7) is 7.27. The van der Waals surface area contributed by atoms with Crippen molar-refractivity contribution in [1.29, 1.82) is 0 Å². The number of imide groups is 1. The van der Waals surface area contributed by atoms with Gasteiger partial charge in [0.1, 0.15) is 0 Å². The molecule has 4 rings (SSSR count). The van der Waals surface area contributed by atoms with E-state index in [1.54, 1.807) is 24.3 Å². The molecule has 2 fully saturated rings. The summed E-state index contributed by atoms with van der Waals surface area (Å²) in [6, 6.07) is 6.83. The molecule has 0 radical (unpaired) electrons. The number of carbonyl (C=O) groups excluding carboxylic acids is 2. The minimum atomic E-state index is -3.15. The van der Waals surface area contributed by atoms with Gasteiger partial charge < -0.3 is 11.2 Å². The van der Waals surface area contributed by atoms with Gasteiger partial charge in [-0.25, -0.2) is 16.8 Å². The van der Waals surface area contributed by atoms with Gasteiger partial charge in [0.05, 0.1) is 23.6 Å². The molecule has 15 nitrogen and oxygen atoms in total. The van der Waals surface area contributed by atoms with Crippen molar-refractivity contribution in [2.24, 2.45) is 17.4 Å². The summed E-state index contributed by atoms with van der Waals surface area (Å²) in [6.07, 6.45) is 2.47. The SMILES string of the molecule is C.C.CS(=O)(=O)N1CCN(CCN)CC1.CS(=O)(=O)N1CCN(CCN2C(=O)c3ccccc3C2=O)CC1.NN.O. The Hall–Kier alpha value is -2.06. The zero-order chi connectivity index (χ0) is 28.5. The van der Waals surface area contributed by atoms with Crippen LogP contribution in [0.2, 0.25) is 0 Å². The molecule has 0 aliphatic carbocycles. The molecule has 2 amide bonds. The van der Waals surface area contributed by atoms with Gasteiger partial charge in [0.2, 0.25) is 20.0 Å². The number of fused-ring (bicyclic) bond motifs is 1. The Bertz CT molecular complexity index is 1120. The predicted octanol–water partition coefficient (Wildman–Crippen LogP) is -2.35. The minimum absolute atomic E-state index is 0. The molecule has 3 aliphatic heterocycles. The Morgan fingerprint density at radius 3 is 1.32 bits per heavy atom. The van der Waals surface area contributed by atoms with Crippen LogP contribution in [0.15, 0.2) is 24.3 Å². The van der Waals surface area contributed by atoms with Gasteiger partial charge in [-0.2, -0.15) is 8.61 Å². The molecule has 3 aliphatic rings. The second kappa shape index (κ2) is 18.5. The van der Waals surface area contributed by atoms with Crippen LogP contribution in [0.1, 0.15) is 35.6 Å². The van der Waals surface area contributed by atoms with Crippen LogP contribution in [0, 0.1) is 0 Å². The van der Waals surface area contributed by atoms with E-state index in [-0.39, 0.29) is 32.1 Å². The largest absolute Gasteiger partial charge is 0.412 e. The first-order valence-corrected chi connectivity index (χ1v) is 15.9. The number of hydrogen-bond acceptors (Lipinski definition) is 11. The van der Waals surface area contributed by atoms with E-state index in [2.05, 4.69) is 21.5 Å². The summed E-state index contributed by atoms with van der Waals surface area (Å²) < 4.78 is 48.2. The minimum Gasteiger partial charge on any atom is -0.412 e. The first kappa shape index (κ1) is 41.1. The van der Waals surface area contributed by atoms with Crippen molar-refractivity contribution in [3.63, 3.8) is 0 Å². The van der Waals surface area contributed by atoms with Gasteiger partial charge in [-0.3, -0.25) is 36.0 Å². The van der Waals surface area contributed by atoms with E-state index in [4.69, 9.17) is 5.73 Å². The van der Waals surface area contributed by atoms with E-state index in [1.807, 2.05) is 0 Å². The number of nitrogens with two attached hydrogens (primary N) is 3. The lowest BCUT2D eigenvalue weighted by atomic mass is 10.1. The molecule has 0 bridgehead atoms. The third-order valence-corrected chi connectivity index (χ3v) is 9.17. The maximum atomic E-state index is 12.3. The van der Waals surface area contributed by atoms with Crippen LogP contribution >= 0.6 is 0 Å². The fourth-order valence-electron chi connectivity index (χ4n) is 4.44. The topological polar surface area (TPSA) is 228 Å². The molecule has 8 N–H and O–H groups in total. The fraction of sp³-hybridized carbons (Fsp3) is 0.667. The van der Waals surface area contributed by atoms with Crippen molar-refractivity contribution < 1.29 is 31.9 Å². The standard InChI is InChI=1S/C15H19N3O4S.C7H17N3O2S.2CH4.H4N2.H2O/c1-23(21,22)17-9-6-16(7-10-17)8-11-18-14(19)12-4-2-3-5-13(12)15(18)20;1-13(11,12)10-6-4-9(3-2-8)5-7-10;;;1-2;/h2-5H,6-11H2,1H3;2-8H2,1H3;2*1H4;1-2H2;1H2. The van der Waals surface area contributed by atoms with Gasteiger partial charge in [0.25, 0.3) is 11.8 Å². The highest BCUT2D eigenvalue weighted by atomic mass is 32.2. The molecule has 3 heterocycles. The number of piperazine rings is 2. The molecule has 2 saturated heterocycles. The molecule has 0 atom stereocenters. The second-order valence-electron chi connectivity index (χ2n) is 9.10.